The number of pyridine rings is 1. The molecule has 3 aromatic rings. The van der Waals surface area contributed by atoms with Crippen LogP contribution in [0, 0.1) is 0 Å². The fraction of sp³-hybridized carbons (Fsp3) is 0.269. The van der Waals surface area contributed by atoms with E-state index in [1.165, 1.54) is 7.11 Å². The van der Waals surface area contributed by atoms with Gasteiger partial charge in [0.05, 0.1) is 12.8 Å². The van der Waals surface area contributed by atoms with Crippen molar-refractivity contribution >= 4 is 11.8 Å². The Morgan fingerprint density at radius 2 is 1.82 bits per heavy atom. The van der Waals surface area contributed by atoms with Gasteiger partial charge in [0.25, 0.3) is 5.91 Å². The molecule has 8 heteroatoms. The standard InChI is InChI=1S/C26H28N4O4/c1-33-24-15-20(10-11-23(24)34-18-21-9-5-6-12-28-21)26(32)30-14-13-29(17-22(30)25(27)31)16-19-7-3-2-4-8-19/h2-12,15,22H,13-14,16-18H2,1H3,(H2,27,31)/t22-/m1/s1. The van der Waals surface area contributed by atoms with Crippen LogP contribution in [0.25, 0.3) is 0 Å². The molecule has 1 saturated heterocycles. The highest BCUT2D eigenvalue weighted by molar-refractivity contribution is 5.98. The van der Waals surface area contributed by atoms with Crippen molar-refractivity contribution in [3.05, 3.63) is 89.7 Å². The molecule has 4 rings (SSSR count). The molecule has 2 N–H and O–H groups in total. The van der Waals surface area contributed by atoms with Gasteiger partial charge in [0, 0.05) is 37.9 Å². The highest BCUT2D eigenvalue weighted by Crippen LogP contribution is 2.30. The van der Waals surface area contributed by atoms with Gasteiger partial charge in [-0.25, -0.2) is 0 Å². The molecule has 8 nitrogen and oxygen atoms in total. The maximum atomic E-state index is 13.3. The lowest BCUT2D eigenvalue weighted by molar-refractivity contribution is -0.124. The molecule has 2 amide bonds. The molecule has 0 aliphatic carbocycles. The lowest BCUT2D eigenvalue weighted by Gasteiger charge is -2.40. The SMILES string of the molecule is COc1cc(C(=O)N2CCN(Cc3ccccc3)C[C@@H]2C(N)=O)ccc1OCc1ccccn1. The molecule has 1 aliphatic heterocycles. The minimum Gasteiger partial charge on any atom is -0.493 e. The predicted molar refractivity (Wildman–Crippen MR) is 127 cm³/mol. The summed E-state index contributed by atoms with van der Waals surface area (Å²) in [6.45, 7) is 2.41. The smallest absolute Gasteiger partial charge is 0.254 e. The van der Waals surface area contributed by atoms with Crippen molar-refractivity contribution in [1.29, 1.82) is 0 Å². The number of nitrogens with zero attached hydrogens (tertiary/aromatic N) is 3. The first kappa shape index (κ1) is 23.3. The zero-order chi connectivity index (χ0) is 23.9. The lowest BCUT2D eigenvalue weighted by atomic mass is 10.1. The van der Waals surface area contributed by atoms with E-state index in [0.29, 0.717) is 43.2 Å². The molecule has 0 unspecified atom stereocenters. The van der Waals surface area contributed by atoms with Gasteiger partial charge in [-0.15, -0.1) is 0 Å². The summed E-state index contributed by atoms with van der Waals surface area (Å²) in [6.07, 6.45) is 1.70. The van der Waals surface area contributed by atoms with E-state index in [0.717, 1.165) is 11.3 Å². The van der Waals surface area contributed by atoms with Crippen LogP contribution in [0.15, 0.2) is 72.9 Å². The van der Waals surface area contributed by atoms with Crippen molar-refractivity contribution in [1.82, 2.24) is 14.8 Å². The molecule has 176 valence electrons. The zero-order valence-corrected chi connectivity index (χ0v) is 19.1. The van der Waals surface area contributed by atoms with Crippen molar-refractivity contribution in [2.75, 3.05) is 26.7 Å². The molecule has 0 saturated carbocycles. The number of rotatable bonds is 8. The summed E-state index contributed by atoms with van der Waals surface area (Å²) in [6, 6.07) is 19.9. The van der Waals surface area contributed by atoms with E-state index in [4.69, 9.17) is 15.2 Å². The summed E-state index contributed by atoms with van der Waals surface area (Å²) in [5, 5.41) is 0. The summed E-state index contributed by atoms with van der Waals surface area (Å²) in [5.41, 5.74) is 8.03. The van der Waals surface area contributed by atoms with Gasteiger partial charge in [0.2, 0.25) is 5.91 Å². The molecule has 0 bridgehead atoms. The Morgan fingerprint density at radius 1 is 1.03 bits per heavy atom. The first-order valence-electron chi connectivity index (χ1n) is 11.1. The number of aromatic nitrogens is 1. The number of piperazine rings is 1. The Morgan fingerprint density at radius 3 is 2.53 bits per heavy atom. The minimum absolute atomic E-state index is 0.266. The molecule has 34 heavy (non-hydrogen) atoms. The van der Waals surface area contributed by atoms with Crippen LogP contribution < -0.4 is 15.2 Å². The number of carbonyl (C=O) groups excluding carboxylic acids is 2. The molecule has 1 fully saturated rings. The van der Waals surface area contributed by atoms with Crippen molar-refractivity contribution in [2.45, 2.75) is 19.2 Å². The Kier molecular flexibility index (Phi) is 7.39. The van der Waals surface area contributed by atoms with Gasteiger partial charge >= 0.3 is 0 Å². The molecular formula is C26H28N4O4. The topological polar surface area (TPSA) is 98.0 Å². The second kappa shape index (κ2) is 10.8. The number of carbonyl (C=O) groups is 2. The van der Waals surface area contributed by atoms with Crippen LogP contribution in [0.4, 0.5) is 0 Å². The van der Waals surface area contributed by atoms with Crippen molar-refractivity contribution in [3.63, 3.8) is 0 Å². The maximum absolute atomic E-state index is 13.3. The van der Waals surface area contributed by atoms with Crippen LogP contribution in [0.5, 0.6) is 11.5 Å². The van der Waals surface area contributed by atoms with Crippen molar-refractivity contribution < 1.29 is 19.1 Å². The Labute approximate surface area is 198 Å². The first-order chi connectivity index (χ1) is 16.5. The summed E-state index contributed by atoms with van der Waals surface area (Å²) >= 11 is 0. The van der Waals surface area contributed by atoms with Crippen molar-refractivity contribution in [3.8, 4) is 11.5 Å². The Bertz CT molecular complexity index is 1120. The van der Waals surface area contributed by atoms with E-state index in [1.807, 2.05) is 48.5 Å². The predicted octanol–water partition coefficient (Wildman–Crippen LogP) is 2.48. The maximum Gasteiger partial charge on any atom is 0.254 e. The number of amides is 2. The van der Waals surface area contributed by atoms with E-state index in [1.54, 1.807) is 29.3 Å². The number of methoxy groups -OCH3 is 1. The third kappa shape index (κ3) is 5.52. The van der Waals surface area contributed by atoms with Gasteiger partial charge in [-0.05, 0) is 35.9 Å². The summed E-state index contributed by atoms with van der Waals surface area (Å²) < 4.78 is 11.3. The average molecular weight is 461 g/mol. The summed E-state index contributed by atoms with van der Waals surface area (Å²) in [5.74, 6) is 0.148. The summed E-state index contributed by atoms with van der Waals surface area (Å²) in [4.78, 5) is 33.5. The third-order valence-corrected chi connectivity index (χ3v) is 5.82. The molecule has 1 aromatic heterocycles. The zero-order valence-electron chi connectivity index (χ0n) is 19.1. The number of hydrogen-bond acceptors (Lipinski definition) is 6. The molecule has 0 spiro atoms. The minimum atomic E-state index is -0.712. The van der Waals surface area contributed by atoms with Crippen LogP contribution in [-0.4, -0.2) is 59.4 Å². The van der Waals surface area contributed by atoms with E-state index < -0.39 is 11.9 Å². The Balaban J connectivity index is 1.45. The van der Waals surface area contributed by atoms with Crippen molar-refractivity contribution in [2.24, 2.45) is 5.73 Å². The van der Waals surface area contributed by atoms with Crippen LogP contribution in [0.1, 0.15) is 21.6 Å². The highest BCUT2D eigenvalue weighted by Gasteiger charge is 2.34. The number of primary amides is 1. The van der Waals surface area contributed by atoms with E-state index in [9.17, 15) is 9.59 Å². The average Bonchev–Trinajstić information content (AvgIpc) is 2.88. The molecule has 1 aliphatic rings. The number of nitrogens with two attached hydrogens (primary N) is 1. The molecule has 2 aromatic carbocycles. The van der Waals surface area contributed by atoms with Gasteiger partial charge in [-0.2, -0.15) is 0 Å². The lowest BCUT2D eigenvalue weighted by Crippen LogP contribution is -2.59. The third-order valence-electron chi connectivity index (χ3n) is 5.82. The van der Waals surface area contributed by atoms with Gasteiger partial charge in [-0.1, -0.05) is 36.4 Å². The number of benzene rings is 2. The molecule has 1 atom stereocenters. The molecular weight excluding hydrogens is 432 g/mol. The monoisotopic (exact) mass is 460 g/mol. The molecule has 2 heterocycles. The number of ether oxygens (including phenoxy) is 2. The quantitative estimate of drug-likeness (QED) is 0.555. The van der Waals surface area contributed by atoms with Crippen LogP contribution >= 0.6 is 0 Å². The van der Waals surface area contributed by atoms with Crippen LogP contribution in [0.3, 0.4) is 0 Å². The summed E-state index contributed by atoms with van der Waals surface area (Å²) in [7, 11) is 1.52. The fourth-order valence-corrected chi connectivity index (χ4v) is 4.03. The van der Waals surface area contributed by atoms with Gasteiger partial charge in [0.15, 0.2) is 11.5 Å². The second-order valence-electron chi connectivity index (χ2n) is 8.11. The first-order valence-corrected chi connectivity index (χ1v) is 11.1. The highest BCUT2D eigenvalue weighted by atomic mass is 16.5. The second-order valence-corrected chi connectivity index (χ2v) is 8.11. The van der Waals surface area contributed by atoms with Gasteiger partial charge < -0.3 is 20.1 Å². The normalized spacial score (nSPS) is 16.1. The largest absolute Gasteiger partial charge is 0.493 e. The van der Waals surface area contributed by atoms with Gasteiger partial charge in [-0.3, -0.25) is 19.5 Å². The number of hydrogen-bond donors (Lipinski definition) is 1. The van der Waals surface area contributed by atoms with E-state index in [2.05, 4.69) is 9.88 Å². The fourth-order valence-electron chi connectivity index (χ4n) is 4.03. The Hall–Kier alpha value is -3.91. The van der Waals surface area contributed by atoms with Crippen LogP contribution in [0.2, 0.25) is 0 Å². The van der Waals surface area contributed by atoms with Crippen LogP contribution in [-0.2, 0) is 17.9 Å². The molecule has 0 radical (unpaired) electrons. The van der Waals surface area contributed by atoms with E-state index >= 15 is 0 Å². The van der Waals surface area contributed by atoms with Gasteiger partial charge in [0.1, 0.15) is 12.6 Å². The van der Waals surface area contributed by atoms with E-state index in [-0.39, 0.29) is 12.5 Å².